The van der Waals surface area contributed by atoms with E-state index < -0.39 is 0 Å². The Kier molecular flexibility index (Phi) is 3.58. The van der Waals surface area contributed by atoms with Crippen LogP contribution in [0, 0.1) is 10.8 Å². The van der Waals surface area contributed by atoms with Crippen LogP contribution in [0.3, 0.4) is 0 Å². The Morgan fingerprint density at radius 3 is 2.68 bits per heavy atom. The molecule has 0 aromatic heterocycles. The zero-order chi connectivity index (χ0) is 16.1. The van der Waals surface area contributed by atoms with Gasteiger partial charge < -0.3 is 4.74 Å². The highest BCUT2D eigenvalue weighted by molar-refractivity contribution is 5.97. The van der Waals surface area contributed by atoms with E-state index in [2.05, 4.69) is 19.9 Å². The Bertz CT molecular complexity index is 598. The molecule has 3 aliphatic carbocycles. The van der Waals surface area contributed by atoms with Gasteiger partial charge in [0.2, 0.25) is 0 Å². The number of hydrogen-bond donors (Lipinski definition) is 0. The van der Waals surface area contributed by atoms with Crippen LogP contribution in [0.2, 0.25) is 0 Å². The summed E-state index contributed by atoms with van der Waals surface area (Å²) in [7, 11) is 0. The van der Waals surface area contributed by atoms with Gasteiger partial charge in [-0.05, 0) is 44.6 Å². The molecule has 3 nitrogen and oxygen atoms in total. The molecular weight excluding hydrogens is 276 g/mol. The zero-order valence-electron chi connectivity index (χ0n) is 14.1. The number of Topliss-reactive ketones (excluding diaryl/α,β-unsaturated/α-hetero) is 1. The molecule has 0 aliphatic heterocycles. The van der Waals surface area contributed by atoms with Crippen molar-refractivity contribution in [3.05, 3.63) is 22.8 Å². The van der Waals surface area contributed by atoms with Crippen LogP contribution in [0.5, 0.6) is 0 Å². The van der Waals surface area contributed by atoms with Gasteiger partial charge in [-0.2, -0.15) is 0 Å². The van der Waals surface area contributed by atoms with Gasteiger partial charge in [0, 0.05) is 24.2 Å². The number of ketones is 1. The average molecular weight is 302 g/mol. The lowest BCUT2D eigenvalue weighted by Crippen LogP contribution is -2.49. The molecule has 0 aromatic carbocycles. The molecule has 3 rings (SSSR count). The molecule has 0 heterocycles. The average Bonchev–Trinajstić information content (AvgIpc) is 2.44. The second-order valence-corrected chi connectivity index (χ2v) is 7.57. The molecule has 22 heavy (non-hydrogen) atoms. The highest BCUT2D eigenvalue weighted by atomic mass is 16.5. The molecule has 0 radical (unpaired) electrons. The van der Waals surface area contributed by atoms with Crippen LogP contribution in [-0.4, -0.2) is 17.9 Å². The van der Waals surface area contributed by atoms with Crippen LogP contribution in [-0.2, 0) is 14.3 Å². The molecule has 0 aromatic rings. The number of ether oxygens (including phenoxy) is 1. The molecule has 3 atom stereocenters. The monoisotopic (exact) mass is 302 g/mol. The van der Waals surface area contributed by atoms with Gasteiger partial charge in [-0.15, -0.1) is 0 Å². The lowest BCUT2D eigenvalue weighted by atomic mass is 9.50. The Hall–Kier alpha value is -1.38. The van der Waals surface area contributed by atoms with Crippen molar-refractivity contribution in [2.45, 2.75) is 72.3 Å². The van der Waals surface area contributed by atoms with E-state index in [4.69, 9.17) is 4.74 Å². The first kappa shape index (κ1) is 15.5. The number of allylic oxidation sites excluding steroid dienone is 3. The lowest BCUT2D eigenvalue weighted by molar-refractivity contribution is -0.154. The van der Waals surface area contributed by atoms with Gasteiger partial charge >= 0.3 is 5.97 Å². The van der Waals surface area contributed by atoms with Crippen molar-refractivity contribution < 1.29 is 14.3 Å². The van der Waals surface area contributed by atoms with E-state index in [1.807, 2.05) is 6.92 Å². The van der Waals surface area contributed by atoms with Gasteiger partial charge in [-0.1, -0.05) is 31.1 Å². The highest BCUT2D eigenvalue weighted by Gasteiger charge is 2.54. The molecule has 1 fully saturated rings. The second kappa shape index (κ2) is 5.07. The van der Waals surface area contributed by atoms with Gasteiger partial charge in [0.05, 0.1) is 0 Å². The quantitative estimate of drug-likeness (QED) is 0.540. The highest BCUT2D eigenvalue weighted by Crippen LogP contribution is 2.61. The third kappa shape index (κ3) is 2.09. The summed E-state index contributed by atoms with van der Waals surface area (Å²) in [6, 6.07) is 0. The van der Waals surface area contributed by atoms with Crippen molar-refractivity contribution in [2.24, 2.45) is 10.8 Å². The Balaban J connectivity index is 2.06. The first-order valence-corrected chi connectivity index (χ1v) is 8.41. The summed E-state index contributed by atoms with van der Waals surface area (Å²) >= 11 is 0. The minimum absolute atomic E-state index is 0.0240. The van der Waals surface area contributed by atoms with E-state index >= 15 is 0 Å². The summed E-state index contributed by atoms with van der Waals surface area (Å²) in [5.41, 5.74) is 3.61. The predicted octanol–water partition coefficient (Wildman–Crippen LogP) is 4.12. The summed E-state index contributed by atoms with van der Waals surface area (Å²) in [5.74, 6) is 0.123. The Morgan fingerprint density at radius 2 is 2.00 bits per heavy atom. The van der Waals surface area contributed by atoms with Crippen molar-refractivity contribution in [3.63, 3.8) is 0 Å². The summed E-state index contributed by atoms with van der Waals surface area (Å²) < 4.78 is 5.67. The molecular formula is C19H26O3. The maximum Gasteiger partial charge on any atom is 0.302 e. The maximum absolute atomic E-state index is 12.1. The van der Waals surface area contributed by atoms with Gasteiger partial charge in [0.15, 0.2) is 5.78 Å². The van der Waals surface area contributed by atoms with Gasteiger partial charge in [0.25, 0.3) is 0 Å². The van der Waals surface area contributed by atoms with Crippen LogP contribution >= 0.6 is 0 Å². The van der Waals surface area contributed by atoms with Crippen LogP contribution < -0.4 is 0 Å². The Labute approximate surface area is 132 Å². The molecule has 3 heteroatoms. The van der Waals surface area contributed by atoms with Gasteiger partial charge in [-0.25, -0.2) is 0 Å². The zero-order valence-corrected chi connectivity index (χ0v) is 14.1. The van der Waals surface area contributed by atoms with E-state index in [1.54, 1.807) is 0 Å². The number of carbonyl (C=O) groups is 2. The second-order valence-electron chi connectivity index (χ2n) is 7.57. The van der Waals surface area contributed by atoms with E-state index in [-0.39, 0.29) is 22.9 Å². The van der Waals surface area contributed by atoms with Crippen LogP contribution in [0.4, 0.5) is 0 Å². The van der Waals surface area contributed by atoms with Crippen molar-refractivity contribution in [1.82, 2.24) is 0 Å². The minimum Gasteiger partial charge on any atom is -0.462 e. The molecule has 120 valence electrons. The normalized spacial score (nSPS) is 38.1. The van der Waals surface area contributed by atoms with Crippen LogP contribution in [0.15, 0.2) is 22.8 Å². The standard InChI is InChI=1S/C19H26O3/c1-12-14-8-10-19(4)16(18(14,3)11-9-15(12)21)6-5-7-17(19)22-13(2)20/h6,17H,5,7-11H2,1-4H3/t17-,18+,19-/m1/s1. The van der Waals surface area contributed by atoms with E-state index in [0.717, 1.165) is 37.7 Å². The van der Waals surface area contributed by atoms with E-state index in [9.17, 15) is 9.59 Å². The molecule has 3 aliphatic rings. The lowest BCUT2D eigenvalue weighted by Gasteiger charge is -2.55. The summed E-state index contributed by atoms with van der Waals surface area (Å²) in [4.78, 5) is 23.6. The van der Waals surface area contributed by atoms with Crippen molar-refractivity contribution in [1.29, 1.82) is 0 Å². The largest absolute Gasteiger partial charge is 0.462 e. The first-order valence-electron chi connectivity index (χ1n) is 8.41. The van der Waals surface area contributed by atoms with Gasteiger partial charge in [-0.3, -0.25) is 9.59 Å². The van der Waals surface area contributed by atoms with Crippen molar-refractivity contribution >= 4 is 11.8 Å². The topological polar surface area (TPSA) is 43.4 Å². The van der Waals surface area contributed by atoms with Crippen LogP contribution in [0.1, 0.15) is 66.2 Å². The van der Waals surface area contributed by atoms with E-state index in [0.29, 0.717) is 12.2 Å². The number of hydrogen-bond acceptors (Lipinski definition) is 3. The predicted molar refractivity (Wildman–Crippen MR) is 85.3 cm³/mol. The van der Waals surface area contributed by atoms with Crippen LogP contribution in [0.25, 0.3) is 0 Å². The SMILES string of the molecule is CC(=O)O[C@@H]1CCC=C2[C@@]3(C)CCC(=O)C(C)=C3CC[C@]21C. The first-order chi connectivity index (χ1) is 10.3. The molecule has 0 spiro atoms. The van der Waals surface area contributed by atoms with Crippen molar-refractivity contribution in [2.75, 3.05) is 0 Å². The smallest absolute Gasteiger partial charge is 0.302 e. The fourth-order valence-corrected chi connectivity index (χ4v) is 5.07. The molecule has 1 saturated carbocycles. The summed E-state index contributed by atoms with van der Waals surface area (Å²) in [6.45, 7) is 8.03. The molecule has 0 N–H and O–H groups in total. The number of fused-ring (bicyclic) bond motifs is 3. The molecule has 0 unspecified atom stereocenters. The maximum atomic E-state index is 12.1. The minimum atomic E-state index is -0.186. The van der Waals surface area contributed by atoms with E-state index in [1.165, 1.54) is 18.1 Å². The fourth-order valence-electron chi connectivity index (χ4n) is 5.07. The number of carbonyl (C=O) groups excluding carboxylic acids is 2. The number of esters is 1. The summed E-state index contributed by atoms with van der Waals surface area (Å²) in [5, 5.41) is 0. The number of rotatable bonds is 1. The molecule has 0 saturated heterocycles. The van der Waals surface area contributed by atoms with Crippen molar-refractivity contribution in [3.8, 4) is 0 Å². The Morgan fingerprint density at radius 1 is 1.27 bits per heavy atom. The third-order valence-corrected chi connectivity index (χ3v) is 6.29. The molecule has 0 bridgehead atoms. The summed E-state index contributed by atoms with van der Waals surface area (Å²) in [6.07, 6.45) is 7.64. The fraction of sp³-hybridized carbons (Fsp3) is 0.684. The molecule has 0 amide bonds. The van der Waals surface area contributed by atoms with Gasteiger partial charge in [0.1, 0.15) is 6.10 Å². The third-order valence-electron chi connectivity index (χ3n) is 6.29.